The van der Waals surface area contributed by atoms with Gasteiger partial charge in [-0.3, -0.25) is 19.3 Å². The van der Waals surface area contributed by atoms with Crippen LogP contribution in [0.2, 0.25) is 0 Å². The van der Waals surface area contributed by atoms with Gasteiger partial charge in [-0.05, 0) is 50.1 Å². The van der Waals surface area contributed by atoms with Crippen molar-refractivity contribution in [3.63, 3.8) is 0 Å². The molecule has 3 unspecified atom stereocenters. The zero-order valence-corrected chi connectivity index (χ0v) is 29.6. The highest BCUT2D eigenvalue weighted by Crippen LogP contribution is 2.29. The molecule has 1 aliphatic carbocycles. The second-order valence-electron chi connectivity index (χ2n) is 14.4. The molecule has 4 N–H and O–H groups in total. The van der Waals surface area contributed by atoms with Crippen LogP contribution < -0.4 is 10.6 Å². The maximum Gasteiger partial charge on any atom is 0.243 e. The van der Waals surface area contributed by atoms with Gasteiger partial charge in [0.1, 0.15) is 12.1 Å². The number of terminal acetylenes is 1. The van der Waals surface area contributed by atoms with E-state index < -0.39 is 42.0 Å². The average Bonchev–Trinajstić information content (AvgIpc) is 3.07. The van der Waals surface area contributed by atoms with Crippen molar-refractivity contribution in [2.75, 3.05) is 40.4 Å². The van der Waals surface area contributed by atoms with Gasteiger partial charge in [0.15, 0.2) is 0 Å². The highest BCUT2D eigenvalue weighted by molar-refractivity contribution is 5.91. The minimum Gasteiger partial charge on any atom is -0.390 e. The molecule has 48 heavy (non-hydrogen) atoms. The molecule has 10 heteroatoms. The first-order chi connectivity index (χ1) is 23.0. The van der Waals surface area contributed by atoms with E-state index in [2.05, 4.69) is 28.5 Å². The number of aliphatic hydroxyl groups is 2. The van der Waals surface area contributed by atoms with Crippen LogP contribution in [0, 0.1) is 30.1 Å². The molecule has 10 nitrogen and oxygen atoms in total. The first kappa shape index (κ1) is 39.5. The molecule has 3 amide bonds. The molecule has 2 fully saturated rings. The van der Waals surface area contributed by atoms with E-state index in [9.17, 15) is 24.6 Å². The molecule has 0 radical (unpaired) electrons. The maximum absolute atomic E-state index is 13.9. The monoisotopic (exact) mass is 668 g/mol. The molecule has 6 atom stereocenters. The van der Waals surface area contributed by atoms with Crippen molar-refractivity contribution in [1.29, 1.82) is 0 Å². The van der Waals surface area contributed by atoms with Gasteiger partial charge in [-0.15, -0.1) is 12.3 Å². The van der Waals surface area contributed by atoms with Crippen molar-refractivity contribution in [2.24, 2.45) is 17.8 Å². The molecule has 0 spiro atoms. The number of morpholine rings is 1. The zero-order valence-electron chi connectivity index (χ0n) is 29.6. The van der Waals surface area contributed by atoms with Gasteiger partial charge in [0.2, 0.25) is 17.7 Å². The number of benzene rings is 1. The molecule has 268 valence electrons. The molecule has 1 heterocycles. The Bertz CT molecular complexity index is 1170. The molecule has 1 saturated heterocycles. The van der Waals surface area contributed by atoms with Crippen LogP contribution in [0.25, 0.3) is 0 Å². The van der Waals surface area contributed by atoms with E-state index in [1.807, 2.05) is 44.2 Å². The minimum absolute atomic E-state index is 0.0248. The number of aliphatic hydroxyl groups excluding tert-OH is 2. The van der Waals surface area contributed by atoms with Gasteiger partial charge in [-0.2, -0.15) is 0 Å². The normalized spacial score (nSPS) is 20.6. The number of nitrogens with zero attached hydrogens (tertiary/aromatic N) is 2. The Labute approximate surface area is 288 Å². The van der Waals surface area contributed by atoms with E-state index >= 15 is 0 Å². The van der Waals surface area contributed by atoms with Gasteiger partial charge in [-0.25, -0.2) is 0 Å². The number of ether oxygens (including phenoxy) is 1. The molecule has 3 rings (SSSR count). The summed E-state index contributed by atoms with van der Waals surface area (Å²) in [5.74, 6) is 1.19. The molecule has 1 aromatic rings. The van der Waals surface area contributed by atoms with E-state index in [0.29, 0.717) is 44.9 Å². The Morgan fingerprint density at radius 2 is 1.79 bits per heavy atom. The third kappa shape index (κ3) is 13.1. The van der Waals surface area contributed by atoms with Crippen molar-refractivity contribution >= 4 is 17.7 Å². The number of carbonyl (C=O) groups excluding carboxylic acids is 3. The molecular weight excluding hydrogens is 608 g/mol. The number of amides is 3. The predicted molar refractivity (Wildman–Crippen MR) is 188 cm³/mol. The van der Waals surface area contributed by atoms with Crippen LogP contribution in [0.4, 0.5) is 0 Å². The molecule has 1 saturated carbocycles. The Hall–Kier alpha value is -2.97. The number of rotatable bonds is 18. The number of carbonyl (C=O) groups is 3. The Morgan fingerprint density at radius 1 is 1.08 bits per heavy atom. The number of nitrogens with one attached hydrogen (secondary N) is 2. The summed E-state index contributed by atoms with van der Waals surface area (Å²) in [4.78, 5) is 45.0. The first-order valence-corrected chi connectivity index (χ1v) is 17.9. The van der Waals surface area contributed by atoms with Crippen LogP contribution in [0.1, 0.15) is 83.6 Å². The summed E-state index contributed by atoms with van der Waals surface area (Å²) >= 11 is 0. The van der Waals surface area contributed by atoms with Crippen LogP contribution in [0.5, 0.6) is 0 Å². The third-order valence-corrected chi connectivity index (χ3v) is 9.98. The van der Waals surface area contributed by atoms with Crippen LogP contribution in [0.3, 0.4) is 0 Å². The van der Waals surface area contributed by atoms with E-state index in [0.717, 1.165) is 44.2 Å². The standard InChI is InChI=1S/C38H60N4O6/c1-6-13-32(38(47)40-33(24-29-16-11-8-12-17-29)36(45)34(43)22-27(2)3)39-37(46)30(23-28-14-9-7-10-15-28)25-35(44)42(5)19-18-31-26-48-21-20-41(31)4/h1,7,9-10,14-15,27,29-34,36,43,45H,8,11-13,16-26H2,2-5H3,(H,39,46)(H,40,47)/t30-,31?,32?,33+,34+,36?/m1/s1. The fraction of sp³-hybridized carbons (Fsp3) is 0.711. The topological polar surface area (TPSA) is 131 Å². The lowest BCUT2D eigenvalue weighted by Gasteiger charge is -2.34. The Kier molecular flexibility index (Phi) is 16.9. The SMILES string of the molecule is C#CCC(NC(=O)[C@@H](CC(=O)N(C)CCC1COCCN1C)Cc1ccccc1)C(=O)N[C@@H](CC1CCCCC1)C(O)[C@@H](O)CC(C)C. The maximum atomic E-state index is 13.9. The largest absolute Gasteiger partial charge is 0.390 e. The van der Waals surface area contributed by atoms with E-state index in [-0.39, 0.29) is 30.7 Å². The van der Waals surface area contributed by atoms with Crippen LogP contribution in [0.15, 0.2) is 30.3 Å². The lowest BCUT2D eigenvalue weighted by atomic mass is 9.82. The lowest BCUT2D eigenvalue weighted by molar-refractivity contribution is -0.137. The van der Waals surface area contributed by atoms with Crippen LogP contribution in [-0.2, 0) is 25.5 Å². The average molecular weight is 669 g/mol. The van der Waals surface area contributed by atoms with Gasteiger partial charge >= 0.3 is 0 Å². The van der Waals surface area contributed by atoms with Gasteiger partial charge in [0, 0.05) is 39.0 Å². The molecular formula is C38H60N4O6. The summed E-state index contributed by atoms with van der Waals surface area (Å²) in [5.41, 5.74) is 0.904. The molecule has 0 bridgehead atoms. The molecule has 1 aromatic carbocycles. The fourth-order valence-corrected chi connectivity index (χ4v) is 6.89. The van der Waals surface area contributed by atoms with Gasteiger partial charge in [0.25, 0.3) is 0 Å². The van der Waals surface area contributed by atoms with Crippen molar-refractivity contribution < 1.29 is 29.3 Å². The minimum atomic E-state index is -1.15. The van der Waals surface area contributed by atoms with Gasteiger partial charge in [-0.1, -0.05) is 76.3 Å². The Morgan fingerprint density at radius 3 is 2.44 bits per heavy atom. The predicted octanol–water partition coefficient (Wildman–Crippen LogP) is 3.15. The van der Waals surface area contributed by atoms with Crippen LogP contribution >= 0.6 is 0 Å². The molecule has 0 aromatic heterocycles. The summed E-state index contributed by atoms with van der Waals surface area (Å²) in [6.07, 6.45) is 10.9. The van der Waals surface area contributed by atoms with Crippen molar-refractivity contribution in [3.05, 3.63) is 35.9 Å². The zero-order chi connectivity index (χ0) is 35.1. The molecule has 2 aliphatic rings. The fourth-order valence-electron chi connectivity index (χ4n) is 6.89. The lowest BCUT2D eigenvalue weighted by Crippen LogP contribution is -2.56. The Balaban J connectivity index is 1.72. The summed E-state index contributed by atoms with van der Waals surface area (Å²) in [5, 5.41) is 27.8. The van der Waals surface area contributed by atoms with Crippen molar-refractivity contribution in [2.45, 2.75) is 115 Å². The summed E-state index contributed by atoms with van der Waals surface area (Å²) in [7, 11) is 3.81. The number of hydrogen-bond acceptors (Lipinski definition) is 7. The smallest absolute Gasteiger partial charge is 0.243 e. The number of likely N-dealkylation sites (N-methyl/N-ethyl adjacent to an activating group) is 1. The number of hydrogen-bond donors (Lipinski definition) is 4. The highest BCUT2D eigenvalue weighted by atomic mass is 16.5. The van der Waals surface area contributed by atoms with Gasteiger partial charge in [0.05, 0.1) is 31.3 Å². The summed E-state index contributed by atoms with van der Waals surface area (Å²) in [6.45, 7) is 6.67. The summed E-state index contributed by atoms with van der Waals surface area (Å²) in [6, 6.07) is 7.99. The highest BCUT2D eigenvalue weighted by Gasteiger charge is 2.34. The first-order valence-electron chi connectivity index (χ1n) is 17.9. The second-order valence-corrected chi connectivity index (χ2v) is 14.4. The second kappa shape index (κ2) is 20.5. The third-order valence-electron chi connectivity index (χ3n) is 9.98. The van der Waals surface area contributed by atoms with E-state index in [1.54, 1.807) is 11.9 Å². The van der Waals surface area contributed by atoms with Crippen molar-refractivity contribution in [3.8, 4) is 12.3 Å². The summed E-state index contributed by atoms with van der Waals surface area (Å²) < 4.78 is 5.61. The van der Waals surface area contributed by atoms with E-state index in [4.69, 9.17) is 11.2 Å². The quantitative estimate of drug-likeness (QED) is 0.177. The van der Waals surface area contributed by atoms with E-state index in [1.165, 1.54) is 6.42 Å². The van der Waals surface area contributed by atoms with Crippen LogP contribution in [-0.4, -0.2) is 108 Å². The van der Waals surface area contributed by atoms with Gasteiger partial charge < -0.3 is 30.5 Å². The van der Waals surface area contributed by atoms with Crippen molar-refractivity contribution in [1.82, 2.24) is 20.4 Å². The molecule has 1 aliphatic heterocycles.